The summed E-state index contributed by atoms with van der Waals surface area (Å²) in [5, 5.41) is 0. The summed E-state index contributed by atoms with van der Waals surface area (Å²) in [6.45, 7) is 0. The van der Waals surface area contributed by atoms with E-state index in [0.717, 1.165) is 27.0 Å². The zero-order valence-corrected chi connectivity index (χ0v) is 11.9. The summed E-state index contributed by atoms with van der Waals surface area (Å²) in [5.41, 5.74) is 8.98. The van der Waals surface area contributed by atoms with E-state index in [1.807, 2.05) is 18.2 Å². The van der Waals surface area contributed by atoms with Gasteiger partial charge in [0.2, 0.25) is 0 Å². The molecule has 0 aliphatic rings. The number of halogens is 1. The van der Waals surface area contributed by atoms with Gasteiger partial charge in [0.25, 0.3) is 0 Å². The minimum absolute atomic E-state index is 0.395. The maximum Gasteiger partial charge on any atom is 0.141 e. The predicted molar refractivity (Wildman–Crippen MR) is 80.6 cm³/mol. The molecule has 0 aliphatic heterocycles. The molecule has 0 aromatic carbocycles. The summed E-state index contributed by atoms with van der Waals surface area (Å²) in [6.07, 6.45) is 8.42. The van der Waals surface area contributed by atoms with Gasteiger partial charge in [-0.2, -0.15) is 0 Å². The fourth-order valence-electron chi connectivity index (χ4n) is 1.78. The first-order chi connectivity index (χ1) is 9.74. The van der Waals surface area contributed by atoms with E-state index in [1.165, 1.54) is 6.20 Å². The van der Waals surface area contributed by atoms with Gasteiger partial charge in [0, 0.05) is 34.2 Å². The lowest BCUT2D eigenvalue weighted by Gasteiger charge is -2.06. The van der Waals surface area contributed by atoms with Gasteiger partial charge in [-0.05, 0) is 34.1 Å². The van der Waals surface area contributed by atoms with Crippen molar-refractivity contribution in [2.45, 2.75) is 0 Å². The van der Waals surface area contributed by atoms with Crippen molar-refractivity contribution in [3.8, 4) is 22.5 Å². The summed E-state index contributed by atoms with van der Waals surface area (Å²) < 4.78 is 0.851. The van der Waals surface area contributed by atoms with Crippen molar-refractivity contribution in [1.82, 2.24) is 19.9 Å². The average Bonchev–Trinajstić information content (AvgIpc) is 2.50. The Bertz CT molecular complexity index is 728. The van der Waals surface area contributed by atoms with Crippen molar-refractivity contribution >= 4 is 21.7 Å². The maximum absolute atomic E-state index is 5.56. The highest BCUT2D eigenvalue weighted by atomic mass is 79.9. The van der Waals surface area contributed by atoms with Crippen LogP contribution in [0.1, 0.15) is 0 Å². The second-order valence-corrected chi connectivity index (χ2v) is 4.97. The van der Waals surface area contributed by atoms with Crippen LogP contribution >= 0.6 is 15.9 Å². The van der Waals surface area contributed by atoms with Crippen LogP contribution in [0.4, 0.5) is 5.82 Å². The first-order valence-electron chi connectivity index (χ1n) is 5.88. The van der Waals surface area contributed by atoms with E-state index < -0.39 is 0 Å². The Morgan fingerprint density at radius 1 is 0.950 bits per heavy atom. The predicted octanol–water partition coefficient (Wildman–Crippen LogP) is 2.95. The Hall–Kier alpha value is -2.34. The van der Waals surface area contributed by atoms with Gasteiger partial charge in [-0.15, -0.1) is 0 Å². The van der Waals surface area contributed by atoms with E-state index in [1.54, 1.807) is 24.8 Å². The molecule has 0 aliphatic carbocycles. The number of nitrogens with zero attached hydrogens (tertiary/aromatic N) is 4. The van der Waals surface area contributed by atoms with E-state index in [2.05, 4.69) is 35.9 Å². The van der Waals surface area contributed by atoms with Crippen LogP contribution in [-0.2, 0) is 0 Å². The van der Waals surface area contributed by atoms with E-state index in [4.69, 9.17) is 5.73 Å². The van der Waals surface area contributed by atoms with Gasteiger partial charge in [0.05, 0.1) is 23.8 Å². The lowest BCUT2D eigenvalue weighted by atomic mass is 10.1. The summed E-state index contributed by atoms with van der Waals surface area (Å²) in [6, 6.07) is 5.78. The SMILES string of the molecule is Nc1cnc(-c2cc(-c3cccnc3)ncc2Br)cn1. The normalized spacial score (nSPS) is 10.4. The van der Waals surface area contributed by atoms with Crippen LogP contribution in [-0.4, -0.2) is 19.9 Å². The zero-order valence-electron chi connectivity index (χ0n) is 10.4. The third-order valence-corrected chi connectivity index (χ3v) is 3.39. The molecule has 0 spiro atoms. The van der Waals surface area contributed by atoms with Crippen molar-refractivity contribution in [2.24, 2.45) is 0 Å². The molecule has 0 atom stereocenters. The molecule has 0 fully saturated rings. The Morgan fingerprint density at radius 3 is 2.50 bits per heavy atom. The highest BCUT2D eigenvalue weighted by Crippen LogP contribution is 2.29. The van der Waals surface area contributed by atoms with Crippen LogP contribution < -0.4 is 5.73 Å². The topological polar surface area (TPSA) is 77.6 Å². The molecule has 98 valence electrons. The van der Waals surface area contributed by atoms with Gasteiger partial charge in [-0.1, -0.05) is 0 Å². The molecule has 0 bridgehead atoms. The van der Waals surface area contributed by atoms with Crippen LogP contribution in [0.2, 0.25) is 0 Å². The number of nitrogen functional groups attached to an aromatic ring is 1. The third-order valence-electron chi connectivity index (χ3n) is 2.76. The van der Waals surface area contributed by atoms with E-state index in [9.17, 15) is 0 Å². The minimum atomic E-state index is 0.395. The first-order valence-corrected chi connectivity index (χ1v) is 6.67. The van der Waals surface area contributed by atoms with E-state index >= 15 is 0 Å². The van der Waals surface area contributed by atoms with Crippen molar-refractivity contribution < 1.29 is 0 Å². The molecule has 3 rings (SSSR count). The van der Waals surface area contributed by atoms with Gasteiger partial charge >= 0.3 is 0 Å². The molecule has 3 aromatic rings. The molecule has 5 nitrogen and oxygen atoms in total. The monoisotopic (exact) mass is 327 g/mol. The van der Waals surface area contributed by atoms with Crippen LogP contribution in [0.3, 0.4) is 0 Å². The minimum Gasteiger partial charge on any atom is -0.382 e. The molecule has 6 heteroatoms. The van der Waals surface area contributed by atoms with Crippen LogP contribution in [0.5, 0.6) is 0 Å². The van der Waals surface area contributed by atoms with Crippen molar-refractivity contribution in [3.63, 3.8) is 0 Å². The molecule has 3 aromatic heterocycles. The molecule has 0 radical (unpaired) electrons. The van der Waals surface area contributed by atoms with Crippen LogP contribution in [0, 0.1) is 0 Å². The number of rotatable bonds is 2. The lowest BCUT2D eigenvalue weighted by molar-refractivity contribution is 1.20. The maximum atomic E-state index is 5.56. The van der Waals surface area contributed by atoms with Crippen LogP contribution in [0.25, 0.3) is 22.5 Å². The highest BCUT2D eigenvalue weighted by Gasteiger charge is 2.09. The largest absolute Gasteiger partial charge is 0.382 e. The molecule has 3 heterocycles. The van der Waals surface area contributed by atoms with Crippen molar-refractivity contribution in [3.05, 3.63) is 53.7 Å². The van der Waals surface area contributed by atoms with Gasteiger partial charge < -0.3 is 5.73 Å². The fraction of sp³-hybridized carbons (Fsp3) is 0. The second kappa shape index (κ2) is 5.34. The number of hydrogen-bond acceptors (Lipinski definition) is 5. The smallest absolute Gasteiger partial charge is 0.141 e. The first kappa shape index (κ1) is 12.7. The third kappa shape index (κ3) is 2.50. The number of anilines is 1. The molecule has 0 saturated carbocycles. The summed E-state index contributed by atoms with van der Waals surface area (Å²) in [5.74, 6) is 0.395. The van der Waals surface area contributed by atoms with Crippen molar-refractivity contribution in [2.75, 3.05) is 5.73 Å². The van der Waals surface area contributed by atoms with Gasteiger partial charge in [-0.3, -0.25) is 15.0 Å². The Labute approximate surface area is 124 Å². The fourth-order valence-corrected chi connectivity index (χ4v) is 2.20. The molecular formula is C14H10BrN5. The number of nitrogens with two attached hydrogens (primary N) is 1. The highest BCUT2D eigenvalue weighted by molar-refractivity contribution is 9.10. The summed E-state index contributed by atoms with van der Waals surface area (Å²) >= 11 is 3.48. The molecule has 0 saturated heterocycles. The Morgan fingerprint density at radius 2 is 1.80 bits per heavy atom. The Balaban J connectivity index is 2.10. The van der Waals surface area contributed by atoms with E-state index in [-0.39, 0.29) is 0 Å². The number of pyridine rings is 2. The number of hydrogen-bond donors (Lipinski definition) is 1. The second-order valence-electron chi connectivity index (χ2n) is 4.12. The van der Waals surface area contributed by atoms with Gasteiger partial charge in [-0.25, -0.2) is 4.98 Å². The zero-order chi connectivity index (χ0) is 13.9. The van der Waals surface area contributed by atoms with E-state index in [0.29, 0.717) is 5.82 Å². The quantitative estimate of drug-likeness (QED) is 0.782. The van der Waals surface area contributed by atoms with Gasteiger partial charge in [0.15, 0.2) is 0 Å². The van der Waals surface area contributed by atoms with Crippen LogP contribution in [0.15, 0.2) is 53.7 Å². The standard InChI is InChI=1S/C14H10BrN5/c15-11-6-18-12(9-2-1-3-17-5-9)4-10(11)13-7-20-14(16)8-19-13/h1-8H,(H2,16,20). The Kier molecular flexibility index (Phi) is 3.39. The molecule has 20 heavy (non-hydrogen) atoms. The molecular weight excluding hydrogens is 318 g/mol. The summed E-state index contributed by atoms with van der Waals surface area (Å²) in [7, 11) is 0. The molecule has 2 N–H and O–H groups in total. The summed E-state index contributed by atoms with van der Waals surface area (Å²) in [4.78, 5) is 16.8. The van der Waals surface area contributed by atoms with Gasteiger partial charge in [0.1, 0.15) is 5.82 Å². The number of aromatic nitrogens is 4. The molecule has 0 amide bonds. The molecule has 0 unspecified atom stereocenters. The van der Waals surface area contributed by atoms with Crippen molar-refractivity contribution in [1.29, 1.82) is 0 Å². The average molecular weight is 328 g/mol. The lowest BCUT2D eigenvalue weighted by Crippen LogP contribution is -1.94.